The van der Waals surface area contributed by atoms with Gasteiger partial charge in [0.15, 0.2) is 0 Å². The third-order valence-electron chi connectivity index (χ3n) is 3.09. The van der Waals surface area contributed by atoms with Crippen LogP contribution in [0.3, 0.4) is 0 Å². The van der Waals surface area contributed by atoms with Crippen molar-refractivity contribution >= 4 is 24.1 Å². The van der Waals surface area contributed by atoms with E-state index in [1.54, 1.807) is 0 Å². The number of amides is 2. The van der Waals surface area contributed by atoms with Crippen LogP contribution in [0.1, 0.15) is 12.8 Å². The van der Waals surface area contributed by atoms with E-state index in [0.717, 1.165) is 0 Å². The predicted molar refractivity (Wildman–Crippen MR) is 61.3 cm³/mol. The Labute approximate surface area is 112 Å². The standard InChI is InChI=1S/C10H14N2O8/c1-11-8(17)20-5-2-3-10(6(13)14,7(15)16)12(4-5)9(18)19/h5H,2-4H2,1H3,(H,11,17)(H,13,14)(H,15,16)(H,18,19). The molecule has 0 radical (unpaired) electrons. The average Bonchev–Trinajstić information content (AvgIpc) is 2.37. The molecule has 0 saturated carbocycles. The Morgan fingerprint density at radius 1 is 1.20 bits per heavy atom. The Kier molecular flexibility index (Phi) is 4.38. The molecule has 0 aromatic rings. The summed E-state index contributed by atoms with van der Waals surface area (Å²) in [5.74, 6) is -3.54. The van der Waals surface area contributed by atoms with Gasteiger partial charge in [0.25, 0.3) is 0 Å². The minimum atomic E-state index is -2.56. The highest BCUT2D eigenvalue weighted by Crippen LogP contribution is 2.30. The topological polar surface area (TPSA) is 153 Å². The molecule has 0 aromatic carbocycles. The van der Waals surface area contributed by atoms with Gasteiger partial charge in [-0.1, -0.05) is 0 Å². The van der Waals surface area contributed by atoms with Gasteiger partial charge in [0.2, 0.25) is 5.54 Å². The van der Waals surface area contributed by atoms with E-state index >= 15 is 0 Å². The smallest absolute Gasteiger partial charge is 0.408 e. The normalized spacial score (nSPS) is 20.9. The molecule has 1 saturated heterocycles. The molecular formula is C10H14N2O8. The number of ether oxygens (including phenoxy) is 1. The maximum absolute atomic E-state index is 11.2. The fraction of sp³-hybridized carbons (Fsp3) is 0.600. The number of carbonyl (C=O) groups is 4. The number of alkyl carbamates (subject to hydrolysis) is 1. The lowest BCUT2D eigenvalue weighted by Crippen LogP contribution is -2.66. The molecule has 0 aliphatic carbocycles. The molecule has 20 heavy (non-hydrogen) atoms. The number of aliphatic carboxylic acids is 2. The van der Waals surface area contributed by atoms with Crippen molar-refractivity contribution in [2.45, 2.75) is 24.5 Å². The molecule has 1 heterocycles. The van der Waals surface area contributed by atoms with Crippen LogP contribution >= 0.6 is 0 Å². The van der Waals surface area contributed by atoms with Crippen molar-refractivity contribution in [3.8, 4) is 0 Å². The van der Waals surface area contributed by atoms with E-state index in [-0.39, 0.29) is 11.3 Å². The van der Waals surface area contributed by atoms with Gasteiger partial charge in [0, 0.05) is 7.05 Å². The minimum Gasteiger partial charge on any atom is -0.479 e. The molecular weight excluding hydrogens is 276 g/mol. The second kappa shape index (κ2) is 5.63. The summed E-state index contributed by atoms with van der Waals surface area (Å²) in [6.07, 6.45) is -3.99. The molecule has 0 bridgehead atoms. The van der Waals surface area contributed by atoms with Crippen LogP contribution < -0.4 is 5.32 Å². The van der Waals surface area contributed by atoms with Gasteiger partial charge < -0.3 is 25.4 Å². The van der Waals surface area contributed by atoms with Crippen molar-refractivity contribution in [1.82, 2.24) is 10.2 Å². The van der Waals surface area contributed by atoms with Crippen LogP contribution in [0.5, 0.6) is 0 Å². The molecule has 10 heteroatoms. The predicted octanol–water partition coefficient (Wildman–Crippen LogP) is -0.607. The highest BCUT2D eigenvalue weighted by Gasteiger charge is 2.57. The van der Waals surface area contributed by atoms with Crippen molar-refractivity contribution in [2.75, 3.05) is 13.6 Å². The second-order valence-electron chi connectivity index (χ2n) is 4.18. The molecule has 112 valence electrons. The summed E-state index contributed by atoms with van der Waals surface area (Å²) in [5, 5.41) is 29.4. The van der Waals surface area contributed by atoms with E-state index in [0.29, 0.717) is 0 Å². The van der Waals surface area contributed by atoms with Crippen molar-refractivity contribution in [3.05, 3.63) is 0 Å². The maximum Gasteiger partial charge on any atom is 0.408 e. The average molecular weight is 290 g/mol. The number of hydrogen-bond acceptors (Lipinski definition) is 5. The van der Waals surface area contributed by atoms with Gasteiger partial charge in [-0.15, -0.1) is 0 Å². The number of likely N-dealkylation sites (tertiary alicyclic amines) is 1. The van der Waals surface area contributed by atoms with Crippen LogP contribution in [0.4, 0.5) is 9.59 Å². The Bertz CT molecular complexity index is 435. The summed E-state index contributed by atoms with van der Waals surface area (Å²) in [6, 6.07) is 0. The molecule has 1 aliphatic rings. The van der Waals surface area contributed by atoms with Crippen LogP contribution in [0, 0.1) is 0 Å². The zero-order valence-electron chi connectivity index (χ0n) is 10.5. The molecule has 0 spiro atoms. The summed E-state index contributed by atoms with van der Waals surface area (Å²) >= 11 is 0. The monoisotopic (exact) mass is 290 g/mol. The molecule has 4 N–H and O–H groups in total. The SMILES string of the molecule is CNC(=O)OC1CCC(C(=O)O)(C(=O)O)N(C(=O)O)C1. The number of carboxylic acids is 2. The third-order valence-corrected chi connectivity index (χ3v) is 3.09. The highest BCUT2D eigenvalue weighted by molar-refractivity contribution is 6.05. The van der Waals surface area contributed by atoms with Gasteiger partial charge in [0.05, 0.1) is 6.54 Å². The van der Waals surface area contributed by atoms with Gasteiger partial charge in [0.1, 0.15) is 6.10 Å². The molecule has 1 aliphatic heterocycles. The van der Waals surface area contributed by atoms with Crippen molar-refractivity contribution in [2.24, 2.45) is 0 Å². The number of rotatable bonds is 3. The number of carboxylic acid groups (broad SMARTS) is 3. The van der Waals surface area contributed by atoms with Crippen molar-refractivity contribution in [3.63, 3.8) is 0 Å². The van der Waals surface area contributed by atoms with E-state index in [1.165, 1.54) is 7.05 Å². The lowest BCUT2D eigenvalue weighted by molar-refractivity contribution is -0.171. The number of hydrogen-bond donors (Lipinski definition) is 4. The number of nitrogens with one attached hydrogen (secondary N) is 1. The molecule has 1 fully saturated rings. The van der Waals surface area contributed by atoms with Gasteiger partial charge in [-0.25, -0.2) is 19.2 Å². The van der Waals surface area contributed by atoms with E-state index in [4.69, 9.17) is 20.1 Å². The Morgan fingerprint density at radius 2 is 1.75 bits per heavy atom. The number of nitrogens with zero attached hydrogens (tertiary/aromatic N) is 1. The lowest BCUT2D eigenvalue weighted by Gasteiger charge is -2.41. The van der Waals surface area contributed by atoms with Gasteiger partial charge in [-0.3, -0.25) is 4.90 Å². The molecule has 0 aromatic heterocycles. The molecule has 2 amide bonds. The van der Waals surface area contributed by atoms with Crippen LogP contribution in [-0.2, 0) is 14.3 Å². The highest BCUT2D eigenvalue weighted by atomic mass is 16.6. The van der Waals surface area contributed by atoms with Crippen LogP contribution in [-0.4, -0.2) is 69.6 Å². The fourth-order valence-electron chi connectivity index (χ4n) is 2.04. The zero-order chi connectivity index (χ0) is 15.5. The van der Waals surface area contributed by atoms with Crippen LogP contribution in [0.15, 0.2) is 0 Å². The largest absolute Gasteiger partial charge is 0.479 e. The van der Waals surface area contributed by atoms with Crippen molar-refractivity contribution < 1.29 is 39.2 Å². The first kappa shape index (κ1) is 15.5. The number of piperidine rings is 1. The minimum absolute atomic E-state index is 0.0736. The molecule has 1 rings (SSSR count). The van der Waals surface area contributed by atoms with Gasteiger partial charge in [-0.2, -0.15) is 0 Å². The fourth-order valence-corrected chi connectivity index (χ4v) is 2.04. The third kappa shape index (κ3) is 2.58. The zero-order valence-corrected chi connectivity index (χ0v) is 10.5. The van der Waals surface area contributed by atoms with Crippen molar-refractivity contribution in [1.29, 1.82) is 0 Å². The summed E-state index contributed by atoms with van der Waals surface area (Å²) in [6.45, 7) is -0.526. The van der Waals surface area contributed by atoms with E-state index in [1.807, 2.05) is 0 Å². The van der Waals surface area contributed by atoms with Crippen LogP contribution in [0.25, 0.3) is 0 Å². The van der Waals surface area contributed by atoms with Crippen LogP contribution in [0.2, 0.25) is 0 Å². The lowest BCUT2D eigenvalue weighted by atomic mass is 9.85. The molecule has 1 atom stereocenters. The summed E-state index contributed by atoms with van der Waals surface area (Å²) < 4.78 is 4.83. The summed E-state index contributed by atoms with van der Waals surface area (Å²) in [4.78, 5) is 44.9. The van der Waals surface area contributed by atoms with E-state index < -0.39 is 48.7 Å². The van der Waals surface area contributed by atoms with Gasteiger partial charge in [-0.05, 0) is 12.8 Å². The first-order valence-electron chi connectivity index (χ1n) is 5.61. The maximum atomic E-state index is 11.2. The summed E-state index contributed by atoms with van der Waals surface area (Å²) in [7, 11) is 1.30. The molecule has 10 nitrogen and oxygen atoms in total. The second-order valence-corrected chi connectivity index (χ2v) is 4.18. The Morgan fingerprint density at radius 3 is 2.15 bits per heavy atom. The quantitative estimate of drug-likeness (QED) is 0.502. The summed E-state index contributed by atoms with van der Waals surface area (Å²) in [5.41, 5.74) is -2.56. The van der Waals surface area contributed by atoms with E-state index in [2.05, 4.69) is 5.32 Å². The Balaban J connectivity index is 3.02. The van der Waals surface area contributed by atoms with Gasteiger partial charge >= 0.3 is 24.1 Å². The first-order valence-corrected chi connectivity index (χ1v) is 5.61. The first-order chi connectivity index (χ1) is 9.25. The number of carbonyl (C=O) groups excluding carboxylic acids is 1. The Hall–Kier alpha value is -2.52. The van der Waals surface area contributed by atoms with E-state index in [9.17, 15) is 19.2 Å². The molecule has 1 unspecified atom stereocenters.